The van der Waals surface area contributed by atoms with Crippen LogP contribution in [0.15, 0.2) is 82.6 Å². The summed E-state index contributed by atoms with van der Waals surface area (Å²) >= 11 is 1.50. The highest BCUT2D eigenvalue weighted by Crippen LogP contribution is 2.33. The summed E-state index contributed by atoms with van der Waals surface area (Å²) < 4.78 is 35.1. The van der Waals surface area contributed by atoms with Crippen molar-refractivity contribution in [3.05, 3.63) is 83.9 Å². The van der Waals surface area contributed by atoms with Gasteiger partial charge in [-0.2, -0.15) is 0 Å². The molecule has 0 aliphatic rings. The smallest absolute Gasteiger partial charge is 0.264 e. The predicted molar refractivity (Wildman–Crippen MR) is 169 cm³/mol. The van der Waals surface area contributed by atoms with Crippen molar-refractivity contribution < 1.29 is 22.7 Å². The Bertz CT molecular complexity index is 1470. The van der Waals surface area contributed by atoms with Crippen molar-refractivity contribution in [2.45, 2.75) is 69.5 Å². The van der Waals surface area contributed by atoms with Crippen LogP contribution in [0.25, 0.3) is 0 Å². The number of sulfonamides is 1. The largest absolute Gasteiger partial charge is 0.492 e. The highest BCUT2D eigenvalue weighted by Gasteiger charge is 2.34. The van der Waals surface area contributed by atoms with Gasteiger partial charge in [0.15, 0.2) is 0 Å². The highest BCUT2D eigenvalue weighted by molar-refractivity contribution is 7.98. The molecule has 0 spiro atoms. The van der Waals surface area contributed by atoms with Crippen LogP contribution < -0.4 is 14.4 Å². The van der Waals surface area contributed by atoms with Gasteiger partial charge in [0.25, 0.3) is 10.0 Å². The van der Waals surface area contributed by atoms with Gasteiger partial charge < -0.3 is 15.0 Å². The van der Waals surface area contributed by atoms with Gasteiger partial charge in [0.05, 0.1) is 17.2 Å². The Hall–Kier alpha value is -3.50. The van der Waals surface area contributed by atoms with E-state index in [2.05, 4.69) is 5.32 Å². The molecule has 226 valence electrons. The van der Waals surface area contributed by atoms with Crippen LogP contribution in [0.3, 0.4) is 0 Å². The molecule has 0 radical (unpaired) electrons. The second kappa shape index (κ2) is 14.1. The SMILES string of the molecule is CCOc1ccccc1N(CC(=O)N(Cc1ccc(C)cc1)[C@H](C)C(=O)NC(C)(C)C)S(=O)(=O)c1ccc(SC)cc1. The molecule has 0 aliphatic heterocycles. The predicted octanol–water partition coefficient (Wildman–Crippen LogP) is 5.64. The molecule has 3 aromatic carbocycles. The Balaban J connectivity index is 2.09. The van der Waals surface area contributed by atoms with Crippen molar-refractivity contribution >= 4 is 39.3 Å². The van der Waals surface area contributed by atoms with E-state index in [1.54, 1.807) is 50.2 Å². The number of aryl methyl sites for hydroxylation is 1. The van der Waals surface area contributed by atoms with Crippen LogP contribution >= 0.6 is 11.8 Å². The zero-order valence-corrected chi connectivity index (χ0v) is 27.0. The molecule has 0 aromatic heterocycles. The lowest BCUT2D eigenvalue weighted by molar-refractivity contribution is -0.140. The number of anilines is 1. The van der Waals surface area contributed by atoms with Crippen LogP contribution in [0.1, 0.15) is 45.7 Å². The lowest BCUT2D eigenvalue weighted by Gasteiger charge is -2.33. The molecule has 1 N–H and O–H groups in total. The van der Waals surface area contributed by atoms with Gasteiger partial charge in [-0.25, -0.2) is 8.42 Å². The second-order valence-electron chi connectivity index (χ2n) is 11.0. The third kappa shape index (κ3) is 8.51. The molecule has 0 saturated carbocycles. The molecular weight excluding hydrogens is 571 g/mol. The molecule has 3 rings (SSSR count). The number of hydrogen-bond acceptors (Lipinski definition) is 6. The Morgan fingerprint density at radius 2 is 1.60 bits per heavy atom. The lowest BCUT2D eigenvalue weighted by atomic mass is 10.1. The fourth-order valence-electron chi connectivity index (χ4n) is 4.28. The van der Waals surface area contributed by atoms with Crippen LogP contribution in [0.5, 0.6) is 5.75 Å². The van der Waals surface area contributed by atoms with E-state index in [4.69, 9.17) is 4.74 Å². The van der Waals surface area contributed by atoms with Gasteiger partial charge in [-0.3, -0.25) is 13.9 Å². The van der Waals surface area contributed by atoms with Gasteiger partial charge in [-0.15, -0.1) is 11.8 Å². The van der Waals surface area contributed by atoms with Crippen molar-refractivity contribution in [3.8, 4) is 5.75 Å². The molecule has 10 heteroatoms. The maximum Gasteiger partial charge on any atom is 0.264 e. The number of rotatable bonds is 12. The zero-order valence-electron chi connectivity index (χ0n) is 25.4. The van der Waals surface area contributed by atoms with Gasteiger partial charge in [0.2, 0.25) is 11.8 Å². The number of para-hydroxylation sites is 2. The number of amides is 2. The number of nitrogens with one attached hydrogen (secondary N) is 1. The Morgan fingerprint density at radius 1 is 0.976 bits per heavy atom. The van der Waals surface area contributed by atoms with Crippen LogP contribution in [0.4, 0.5) is 5.69 Å². The molecule has 1 atom stereocenters. The van der Waals surface area contributed by atoms with Gasteiger partial charge in [-0.05, 0) is 89.8 Å². The molecule has 42 heavy (non-hydrogen) atoms. The van der Waals surface area contributed by atoms with Gasteiger partial charge >= 0.3 is 0 Å². The third-order valence-corrected chi connectivity index (χ3v) is 9.02. The number of nitrogens with zero attached hydrogens (tertiary/aromatic N) is 2. The summed E-state index contributed by atoms with van der Waals surface area (Å²) in [5, 5.41) is 2.94. The molecule has 3 aromatic rings. The minimum atomic E-state index is -4.21. The molecule has 0 bridgehead atoms. The summed E-state index contributed by atoms with van der Waals surface area (Å²) in [5.41, 5.74) is 1.61. The normalized spacial score (nSPS) is 12.4. The number of ether oxygens (including phenoxy) is 1. The first-order valence-corrected chi connectivity index (χ1v) is 16.5. The molecular formula is C32H41N3O5S2. The van der Waals surface area contributed by atoms with E-state index >= 15 is 0 Å². The summed E-state index contributed by atoms with van der Waals surface area (Å²) in [6.45, 7) is 10.9. The van der Waals surface area contributed by atoms with Crippen molar-refractivity contribution in [2.75, 3.05) is 23.7 Å². The summed E-state index contributed by atoms with van der Waals surface area (Å²) in [6, 6.07) is 20.1. The quantitative estimate of drug-likeness (QED) is 0.266. The van der Waals surface area contributed by atoms with Gasteiger partial charge in [-0.1, -0.05) is 42.0 Å². The molecule has 0 fully saturated rings. The van der Waals surface area contributed by atoms with Crippen LogP contribution in [-0.4, -0.2) is 56.1 Å². The Labute approximate surface area is 254 Å². The van der Waals surface area contributed by atoms with E-state index in [9.17, 15) is 18.0 Å². The summed E-state index contributed by atoms with van der Waals surface area (Å²) in [7, 11) is -4.21. The average molecular weight is 612 g/mol. The monoisotopic (exact) mass is 611 g/mol. The average Bonchev–Trinajstić information content (AvgIpc) is 2.94. The van der Waals surface area contributed by atoms with Crippen molar-refractivity contribution in [2.24, 2.45) is 0 Å². The van der Waals surface area contributed by atoms with Crippen LogP contribution in [-0.2, 0) is 26.2 Å². The topological polar surface area (TPSA) is 96.0 Å². The Kier molecular flexibility index (Phi) is 11.1. The van der Waals surface area contributed by atoms with E-state index in [1.807, 2.05) is 58.2 Å². The van der Waals surface area contributed by atoms with Crippen molar-refractivity contribution in [1.82, 2.24) is 10.2 Å². The Morgan fingerprint density at radius 3 is 2.17 bits per heavy atom. The zero-order chi connectivity index (χ0) is 31.1. The number of benzene rings is 3. The first-order chi connectivity index (χ1) is 19.8. The number of hydrogen-bond donors (Lipinski definition) is 1. The third-order valence-electron chi connectivity index (χ3n) is 6.50. The highest BCUT2D eigenvalue weighted by atomic mass is 32.2. The number of carbonyl (C=O) groups is 2. The minimum absolute atomic E-state index is 0.0445. The lowest BCUT2D eigenvalue weighted by Crippen LogP contribution is -2.54. The van der Waals surface area contributed by atoms with Gasteiger partial charge in [0.1, 0.15) is 18.3 Å². The van der Waals surface area contributed by atoms with E-state index in [0.717, 1.165) is 20.3 Å². The minimum Gasteiger partial charge on any atom is -0.492 e. The second-order valence-corrected chi connectivity index (χ2v) is 13.8. The van der Waals surface area contributed by atoms with Crippen LogP contribution in [0, 0.1) is 6.92 Å². The summed E-state index contributed by atoms with van der Waals surface area (Å²) in [5.74, 6) is -0.525. The molecule has 8 nitrogen and oxygen atoms in total. The fourth-order valence-corrected chi connectivity index (χ4v) is 6.11. The van der Waals surface area contributed by atoms with E-state index in [1.165, 1.54) is 28.8 Å². The number of carbonyl (C=O) groups excluding carboxylic acids is 2. The van der Waals surface area contributed by atoms with E-state index in [0.29, 0.717) is 12.4 Å². The first kappa shape index (κ1) is 33.0. The maximum atomic E-state index is 14.2. The number of thioether (sulfide) groups is 1. The first-order valence-electron chi connectivity index (χ1n) is 13.8. The van der Waals surface area contributed by atoms with Gasteiger partial charge in [0, 0.05) is 17.0 Å². The molecule has 0 aliphatic carbocycles. The van der Waals surface area contributed by atoms with Crippen molar-refractivity contribution in [1.29, 1.82) is 0 Å². The van der Waals surface area contributed by atoms with Crippen molar-refractivity contribution in [3.63, 3.8) is 0 Å². The van der Waals surface area contributed by atoms with Crippen LogP contribution in [0.2, 0.25) is 0 Å². The summed E-state index contributed by atoms with van der Waals surface area (Å²) in [6.07, 6.45) is 1.91. The fraction of sp³-hybridized carbons (Fsp3) is 0.375. The molecule has 0 saturated heterocycles. The summed E-state index contributed by atoms with van der Waals surface area (Å²) in [4.78, 5) is 29.8. The molecule has 0 unspecified atom stereocenters. The molecule has 0 heterocycles. The molecule has 2 amide bonds. The van der Waals surface area contributed by atoms with E-state index in [-0.39, 0.29) is 23.0 Å². The van der Waals surface area contributed by atoms with E-state index < -0.39 is 34.1 Å². The maximum absolute atomic E-state index is 14.2. The standard InChI is InChI=1S/C32H41N3O5S2/c1-8-40-29-12-10-9-11-28(29)35(42(38,39)27-19-17-26(41-7)18-20-27)22-30(36)34(21-25-15-13-23(2)14-16-25)24(3)31(37)33-32(4,5)6/h9-20,24H,8,21-22H2,1-7H3,(H,33,37)/t24-/m1/s1.